The summed E-state index contributed by atoms with van der Waals surface area (Å²) < 4.78 is 0. The van der Waals surface area contributed by atoms with Crippen molar-refractivity contribution in [2.24, 2.45) is 5.41 Å². The molecule has 0 bridgehead atoms. The molecule has 16 heavy (non-hydrogen) atoms. The molecule has 0 aromatic rings. The second kappa shape index (κ2) is 4.66. The maximum absolute atomic E-state index is 3.79. The Hall–Kier alpha value is -0.0800. The van der Waals surface area contributed by atoms with Crippen LogP contribution in [0.25, 0.3) is 0 Å². The number of nitrogens with one attached hydrogen (secondary N) is 1. The Morgan fingerprint density at radius 1 is 1.19 bits per heavy atom. The summed E-state index contributed by atoms with van der Waals surface area (Å²) in [7, 11) is 0. The number of rotatable bonds is 4. The lowest BCUT2D eigenvalue weighted by Gasteiger charge is -2.36. The Morgan fingerprint density at radius 2 is 1.88 bits per heavy atom. The second-order valence-electron chi connectivity index (χ2n) is 6.29. The summed E-state index contributed by atoms with van der Waals surface area (Å²) in [5.74, 6) is 0. The lowest BCUT2D eigenvalue weighted by atomic mass is 9.92. The smallest absolute Gasteiger partial charge is 0.0303 e. The molecule has 0 aromatic heterocycles. The highest BCUT2D eigenvalue weighted by atomic mass is 15.2. The van der Waals surface area contributed by atoms with E-state index in [0.29, 0.717) is 11.0 Å². The lowest BCUT2D eigenvalue weighted by molar-refractivity contribution is 0.172. The topological polar surface area (TPSA) is 15.3 Å². The van der Waals surface area contributed by atoms with Gasteiger partial charge in [0.1, 0.15) is 0 Å². The molecule has 0 aromatic carbocycles. The van der Waals surface area contributed by atoms with Crippen LogP contribution in [0.1, 0.15) is 52.9 Å². The van der Waals surface area contributed by atoms with Gasteiger partial charge in [-0.25, -0.2) is 0 Å². The molecule has 1 aliphatic heterocycles. The van der Waals surface area contributed by atoms with Crippen molar-refractivity contribution in [1.82, 2.24) is 10.2 Å². The van der Waals surface area contributed by atoms with Crippen LogP contribution in [0.5, 0.6) is 0 Å². The average Bonchev–Trinajstić information content (AvgIpc) is 3.03. The van der Waals surface area contributed by atoms with Gasteiger partial charge >= 0.3 is 0 Å². The zero-order chi connectivity index (χ0) is 11.6. The van der Waals surface area contributed by atoms with Gasteiger partial charge in [-0.2, -0.15) is 0 Å². The monoisotopic (exact) mass is 224 g/mol. The van der Waals surface area contributed by atoms with Crippen molar-refractivity contribution >= 4 is 0 Å². The van der Waals surface area contributed by atoms with Crippen LogP contribution in [0, 0.1) is 5.41 Å². The van der Waals surface area contributed by atoms with E-state index >= 15 is 0 Å². The van der Waals surface area contributed by atoms with Gasteiger partial charge in [0.25, 0.3) is 0 Å². The van der Waals surface area contributed by atoms with E-state index in [1.807, 2.05) is 0 Å². The highest BCUT2D eigenvalue weighted by molar-refractivity contribution is 4.96. The predicted octanol–water partition coefficient (Wildman–Crippen LogP) is 2.64. The van der Waals surface area contributed by atoms with Crippen LogP contribution in [0.2, 0.25) is 0 Å². The van der Waals surface area contributed by atoms with Gasteiger partial charge in [-0.05, 0) is 50.6 Å². The largest absolute Gasteiger partial charge is 0.310 e. The van der Waals surface area contributed by atoms with Gasteiger partial charge in [0, 0.05) is 18.6 Å². The minimum Gasteiger partial charge on any atom is -0.310 e. The Bertz CT molecular complexity index is 229. The van der Waals surface area contributed by atoms with Crippen molar-refractivity contribution < 1.29 is 0 Å². The van der Waals surface area contributed by atoms with E-state index in [0.717, 1.165) is 0 Å². The third-order valence-electron chi connectivity index (χ3n) is 4.74. The predicted molar refractivity (Wildman–Crippen MR) is 69.7 cm³/mol. The Balaban J connectivity index is 1.96. The molecule has 0 atom stereocenters. The van der Waals surface area contributed by atoms with Gasteiger partial charge in [-0.1, -0.05) is 20.8 Å². The molecule has 0 spiro atoms. The minimum atomic E-state index is 0.391. The average molecular weight is 224 g/mol. The van der Waals surface area contributed by atoms with E-state index < -0.39 is 0 Å². The molecule has 0 unspecified atom stereocenters. The van der Waals surface area contributed by atoms with Crippen LogP contribution in [0.3, 0.4) is 0 Å². The van der Waals surface area contributed by atoms with Crippen LogP contribution in [0.4, 0.5) is 0 Å². The quantitative estimate of drug-likeness (QED) is 0.790. The van der Waals surface area contributed by atoms with E-state index in [2.05, 4.69) is 31.0 Å². The zero-order valence-corrected chi connectivity index (χ0v) is 11.3. The minimum absolute atomic E-state index is 0.391. The second-order valence-corrected chi connectivity index (χ2v) is 6.29. The van der Waals surface area contributed by atoms with E-state index in [1.165, 1.54) is 58.3 Å². The van der Waals surface area contributed by atoms with E-state index in [-0.39, 0.29) is 0 Å². The third kappa shape index (κ3) is 2.78. The normalized spacial score (nSPS) is 28.7. The first kappa shape index (κ1) is 12.4. The molecular formula is C14H28N2. The third-order valence-corrected chi connectivity index (χ3v) is 4.74. The highest BCUT2D eigenvalue weighted by Crippen LogP contribution is 2.45. The van der Waals surface area contributed by atoms with Crippen molar-refractivity contribution in [3.8, 4) is 0 Å². The Kier molecular flexibility index (Phi) is 3.60. The molecule has 1 N–H and O–H groups in total. The van der Waals surface area contributed by atoms with Crippen LogP contribution >= 0.6 is 0 Å². The van der Waals surface area contributed by atoms with Gasteiger partial charge < -0.3 is 10.2 Å². The molecule has 0 radical (unpaired) electrons. The first-order valence-electron chi connectivity index (χ1n) is 7.09. The van der Waals surface area contributed by atoms with Crippen LogP contribution in [0.15, 0.2) is 0 Å². The summed E-state index contributed by atoms with van der Waals surface area (Å²) in [5, 5.41) is 3.79. The van der Waals surface area contributed by atoms with Gasteiger partial charge in [0.15, 0.2) is 0 Å². The van der Waals surface area contributed by atoms with Gasteiger partial charge in [0.2, 0.25) is 0 Å². The number of hydrogen-bond acceptors (Lipinski definition) is 2. The van der Waals surface area contributed by atoms with E-state index in [9.17, 15) is 0 Å². The molecule has 2 aliphatic rings. The molecular weight excluding hydrogens is 196 g/mol. The number of hydrogen-bond donors (Lipinski definition) is 1. The highest BCUT2D eigenvalue weighted by Gasteiger charge is 2.40. The SMILES string of the molecule is CCC1(CC)CN(CC2(C)CC2)CCCN1. The molecule has 2 nitrogen and oxygen atoms in total. The van der Waals surface area contributed by atoms with Crippen molar-refractivity contribution in [2.75, 3.05) is 26.2 Å². The summed E-state index contributed by atoms with van der Waals surface area (Å²) >= 11 is 0. The maximum Gasteiger partial charge on any atom is 0.0303 e. The van der Waals surface area contributed by atoms with Gasteiger partial charge in [-0.15, -0.1) is 0 Å². The van der Waals surface area contributed by atoms with Crippen LogP contribution in [-0.4, -0.2) is 36.6 Å². The van der Waals surface area contributed by atoms with Crippen molar-refractivity contribution in [3.63, 3.8) is 0 Å². The van der Waals surface area contributed by atoms with Gasteiger partial charge in [0.05, 0.1) is 0 Å². The van der Waals surface area contributed by atoms with Crippen molar-refractivity contribution in [3.05, 3.63) is 0 Å². The molecule has 2 fully saturated rings. The fourth-order valence-corrected chi connectivity index (χ4v) is 2.99. The summed E-state index contributed by atoms with van der Waals surface area (Å²) in [4.78, 5) is 2.72. The first-order chi connectivity index (χ1) is 7.61. The summed E-state index contributed by atoms with van der Waals surface area (Å²) in [6, 6.07) is 0. The molecule has 1 aliphatic carbocycles. The van der Waals surface area contributed by atoms with Crippen molar-refractivity contribution in [1.29, 1.82) is 0 Å². The number of nitrogens with zero attached hydrogens (tertiary/aromatic N) is 1. The molecule has 2 rings (SSSR count). The van der Waals surface area contributed by atoms with Crippen LogP contribution < -0.4 is 5.32 Å². The molecule has 2 heteroatoms. The lowest BCUT2D eigenvalue weighted by Crippen LogP contribution is -2.51. The summed E-state index contributed by atoms with van der Waals surface area (Å²) in [6.07, 6.45) is 6.73. The van der Waals surface area contributed by atoms with Gasteiger partial charge in [-0.3, -0.25) is 0 Å². The summed E-state index contributed by atoms with van der Waals surface area (Å²) in [6.45, 7) is 12.2. The molecule has 1 saturated carbocycles. The standard InChI is InChI=1S/C14H28N2/c1-4-14(5-2)12-16(10-6-9-15-14)11-13(3)7-8-13/h15H,4-12H2,1-3H3. The zero-order valence-electron chi connectivity index (χ0n) is 11.3. The molecule has 1 saturated heterocycles. The molecule has 94 valence electrons. The fraction of sp³-hybridized carbons (Fsp3) is 1.00. The van der Waals surface area contributed by atoms with E-state index in [1.54, 1.807) is 0 Å². The molecule has 0 amide bonds. The fourth-order valence-electron chi connectivity index (χ4n) is 2.99. The van der Waals surface area contributed by atoms with Crippen molar-refractivity contribution in [2.45, 2.75) is 58.4 Å². The Labute approximate surface area is 101 Å². The first-order valence-corrected chi connectivity index (χ1v) is 7.09. The van der Waals surface area contributed by atoms with Crippen LogP contribution in [-0.2, 0) is 0 Å². The molecule has 1 heterocycles. The Morgan fingerprint density at radius 3 is 2.44 bits per heavy atom. The maximum atomic E-state index is 3.79. The van der Waals surface area contributed by atoms with E-state index in [4.69, 9.17) is 0 Å². The summed E-state index contributed by atoms with van der Waals surface area (Å²) in [5.41, 5.74) is 1.05.